The largest absolute Gasteiger partial charge is 0.494 e. The number of aromatic nitrogens is 3. The van der Waals surface area contributed by atoms with E-state index >= 15 is 0 Å². The van der Waals surface area contributed by atoms with Crippen molar-refractivity contribution in [1.82, 2.24) is 15.4 Å². The van der Waals surface area contributed by atoms with Gasteiger partial charge in [-0.1, -0.05) is 0 Å². The Morgan fingerprint density at radius 1 is 1.05 bits per heavy atom. The number of hydrogen-bond donors (Lipinski definition) is 2. The van der Waals surface area contributed by atoms with Crippen molar-refractivity contribution in [1.29, 1.82) is 0 Å². The van der Waals surface area contributed by atoms with Gasteiger partial charge in [0.1, 0.15) is 22.5 Å². The van der Waals surface area contributed by atoms with Crippen molar-refractivity contribution in [2.45, 2.75) is 0 Å². The number of aromatic amines is 1. The topological polar surface area (TPSA) is 102 Å². The van der Waals surface area contributed by atoms with Crippen molar-refractivity contribution in [2.24, 2.45) is 10.2 Å². The molecule has 0 spiro atoms. The van der Waals surface area contributed by atoms with Crippen molar-refractivity contribution < 1.29 is 4.74 Å². The highest BCUT2D eigenvalue weighted by Crippen LogP contribution is 2.31. The Kier molecular flexibility index (Phi) is 3.00. The molecule has 3 aromatic rings. The number of anilines is 1. The Labute approximate surface area is 114 Å². The summed E-state index contributed by atoms with van der Waals surface area (Å²) in [4.78, 5) is 0. The van der Waals surface area contributed by atoms with E-state index in [-0.39, 0.29) is 0 Å². The van der Waals surface area contributed by atoms with E-state index < -0.39 is 0 Å². The summed E-state index contributed by atoms with van der Waals surface area (Å²) in [6.45, 7) is 0. The number of nitrogens with one attached hydrogen (secondary N) is 1. The average molecular weight is 268 g/mol. The molecule has 1 aromatic heterocycles. The maximum absolute atomic E-state index is 5.69. The Morgan fingerprint density at radius 3 is 2.75 bits per heavy atom. The van der Waals surface area contributed by atoms with Crippen molar-refractivity contribution in [3.05, 3.63) is 36.4 Å². The summed E-state index contributed by atoms with van der Waals surface area (Å²) in [7, 11) is 1.56. The molecule has 100 valence electrons. The number of H-pyrrole nitrogens is 1. The highest BCUT2D eigenvalue weighted by Gasteiger charge is 2.03. The molecule has 0 atom stereocenters. The molecule has 0 fully saturated rings. The Morgan fingerprint density at radius 2 is 1.90 bits per heavy atom. The van der Waals surface area contributed by atoms with Gasteiger partial charge in [0.05, 0.1) is 12.8 Å². The van der Waals surface area contributed by atoms with Crippen LogP contribution in [0.5, 0.6) is 5.75 Å². The van der Waals surface area contributed by atoms with Gasteiger partial charge in [0.15, 0.2) is 0 Å². The molecule has 20 heavy (non-hydrogen) atoms. The van der Waals surface area contributed by atoms with Gasteiger partial charge in [-0.15, -0.1) is 5.11 Å². The highest BCUT2D eigenvalue weighted by molar-refractivity contribution is 5.77. The average Bonchev–Trinajstić information content (AvgIpc) is 2.93. The molecule has 0 saturated heterocycles. The first-order valence-corrected chi connectivity index (χ1v) is 5.92. The Bertz CT molecular complexity index is 779. The predicted molar refractivity (Wildman–Crippen MR) is 75.5 cm³/mol. The molecule has 0 bridgehead atoms. The molecule has 7 nitrogen and oxygen atoms in total. The molecule has 0 amide bonds. The van der Waals surface area contributed by atoms with Gasteiger partial charge in [0.2, 0.25) is 0 Å². The second-order valence-electron chi connectivity index (χ2n) is 4.13. The number of azo groups is 1. The summed E-state index contributed by atoms with van der Waals surface area (Å²) in [5.41, 5.74) is 9.13. The first-order valence-electron chi connectivity index (χ1n) is 5.92. The highest BCUT2D eigenvalue weighted by atomic mass is 16.5. The normalized spacial score (nSPS) is 11.2. The lowest BCUT2D eigenvalue weighted by Gasteiger charge is -2.03. The molecular weight excluding hydrogens is 256 g/mol. The molecule has 0 aliphatic heterocycles. The zero-order valence-corrected chi connectivity index (χ0v) is 10.7. The number of nitrogen functional groups attached to an aromatic ring is 1. The number of nitrogens with zero attached hydrogens (tertiary/aromatic N) is 4. The lowest BCUT2D eigenvalue weighted by Crippen LogP contribution is -1.87. The minimum Gasteiger partial charge on any atom is -0.494 e. The van der Waals surface area contributed by atoms with Crippen molar-refractivity contribution in [3.63, 3.8) is 0 Å². The minimum atomic E-state index is 0.580. The fourth-order valence-electron chi connectivity index (χ4n) is 1.78. The molecule has 3 N–H and O–H groups in total. The van der Waals surface area contributed by atoms with Crippen molar-refractivity contribution in [2.75, 3.05) is 12.8 Å². The van der Waals surface area contributed by atoms with E-state index in [9.17, 15) is 0 Å². The third kappa shape index (κ3) is 2.28. The molecule has 0 unspecified atom stereocenters. The van der Waals surface area contributed by atoms with Crippen LogP contribution in [0.1, 0.15) is 0 Å². The fraction of sp³-hybridized carbons (Fsp3) is 0.0769. The molecule has 2 aromatic carbocycles. The van der Waals surface area contributed by atoms with Gasteiger partial charge in [-0.25, -0.2) is 0 Å². The van der Waals surface area contributed by atoms with Crippen LogP contribution in [0.4, 0.5) is 17.1 Å². The van der Waals surface area contributed by atoms with Gasteiger partial charge in [-0.2, -0.15) is 20.5 Å². The fourth-order valence-corrected chi connectivity index (χ4v) is 1.78. The monoisotopic (exact) mass is 268 g/mol. The summed E-state index contributed by atoms with van der Waals surface area (Å²) in [6.07, 6.45) is 0. The van der Waals surface area contributed by atoms with E-state index in [1.54, 1.807) is 31.4 Å². The molecule has 0 aliphatic carbocycles. The standard InChI is InChI=1S/C13H12N6O/c1-20-13-6-8(14)2-4-11(13)16-15-9-3-5-10-12(7-9)18-19-17-10/h2-7H,14H2,1H3,(H,17,18,19). The van der Waals surface area contributed by atoms with Crippen LogP contribution in [0.2, 0.25) is 0 Å². The van der Waals surface area contributed by atoms with Crippen molar-refractivity contribution >= 4 is 28.1 Å². The third-order valence-corrected chi connectivity index (χ3v) is 2.78. The minimum absolute atomic E-state index is 0.580. The molecular formula is C13H12N6O. The second-order valence-corrected chi connectivity index (χ2v) is 4.13. The van der Waals surface area contributed by atoms with E-state index in [0.717, 1.165) is 11.0 Å². The van der Waals surface area contributed by atoms with Gasteiger partial charge in [-0.3, -0.25) is 0 Å². The van der Waals surface area contributed by atoms with Gasteiger partial charge in [-0.05, 0) is 30.3 Å². The third-order valence-electron chi connectivity index (χ3n) is 2.78. The second kappa shape index (κ2) is 4.96. The van der Waals surface area contributed by atoms with Crippen LogP contribution in [0, 0.1) is 0 Å². The van der Waals surface area contributed by atoms with E-state index in [4.69, 9.17) is 10.5 Å². The molecule has 0 saturated carbocycles. The Balaban J connectivity index is 1.93. The Hall–Kier alpha value is -2.96. The van der Waals surface area contributed by atoms with E-state index in [2.05, 4.69) is 25.6 Å². The molecule has 3 rings (SSSR count). The number of benzene rings is 2. The SMILES string of the molecule is COc1cc(N)ccc1N=Nc1ccc2n[nH]nc2c1. The number of nitrogens with two attached hydrogens (primary N) is 1. The quantitative estimate of drug-likeness (QED) is 0.563. The summed E-state index contributed by atoms with van der Waals surface area (Å²) in [5.74, 6) is 0.580. The summed E-state index contributed by atoms with van der Waals surface area (Å²) >= 11 is 0. The van der Waals surface area contributed by atoms with Crippen LogP contribution in [0.15, 0.2) is 46.6 Å². The lowest BCUT2D eigenvalue weighted by molar-refractivity contribution is 0.416. The van der Waals surface area contributed by atoms with Gasteiger partial charge >= 0.3 is 0 Å². The van der Waals surface area contributed by atoms with Crippen LogP contribution >= 0.6 is 0 Å². The first kappa shape index (κ1) is 12.1. The van der Waals surface area contributed by atoms with Crippen LogP contribution in [-0.4, -0.2) is 22.5 Å². The summed E-state index contributed by atoms with van der Waals surface area (Å²) in [5, 5.41) is 18.9. The van der Waals surface area contributed by atoms with Crippen LogP contribution < -0.4 is 10.5 Å². The van der Waals surface area contributed by atoms with Crippen LogP contribution in [0.3, 0.4) is 0 Å². The zero-order valence-electron chi connectivity index (χ0n) is 10.7. The van der Waals surface area contributed by atoms with E-state index in [1.807, 2.05) is 12.1 Å². The molecule has 7 heteroatoms. The number of rotatable bonds is 3. The van der Waals surface area contributed by atoms with E-state index in [1.165, 1.54) is 0 Å². The predicted octanol–water partition coefficient (Wildman–Crippen LogP) is 2.96. The maximum atomic E-state index is 5.69. The smallest absolute Gasteiger partial charge is 0.148 e. The lowest BCUT2D eigenvalue weighted by atomic mass is 10.2. The van der Waals surface area contributed by atoms with Gasteiger partial charge < -0.3 is 10.5 Å². The molecule has 0 radical (unpaired) electrons. The number of hydrogen-bond acceptors (Lipinski definition) is 6. The molecule has 1 heterocycles. The number of ether oxygens (including phenoxy) is 1. The maximum Gasteiger partial charge on any atom is 0.148 e. The van der Waals surface area contributed by atoms with Gasteiger partial charge in [0.25, 0.3) is 0 Å². The molecule has 0 aliphatic rings. The van der Waals surface area contributed by atoms with Crippen LogP contribution in [0.25, 0.3) is 11.0 Å². The first-order chi connectivity index (χ1) is 9.76. The van der Waals surface area contributed by atoms with Crippen molar-refractivity contribution in [3.8, 4) is 5.75 Å². The zero-order chi connectivity index (χ0) is 13.9. The van der Waals surface area contributed by atoms with E-state index in [0.29, 0.717) is 22.8 Å². The van der Waals surface area contributed by atoms with Crippen LogP contribution in [-0.2, 0) is 0 Å². The number of methoxy groups -OCH3 is 1. The summed E-state index contributed by atoms with van der Waals surface area (Å²) in [6, 6.07) is 10.6. The summed E-state index contributed by atoms with van der Waals surface area (Å²) < 4.78 is 5.21. The van der Waals surface area contributed by atoms with Gasteiger partial charge in [0, 0.05) is 11.8 Å². The number of fused-ring (bicyclic) bond motifs is 1.